The van der Waals surface area contributed by atoms with Gasteiger partial charge in [-0.3, -0.25) is 4.57 Å². The van der Waals surface area contributed by atoms with Gasteiger partial charge >= 0.3 is 11.9 Å². The van der Waals surface area contributed by atoms with Crippen LogP contribution in [0.5, 0.6) is 5.88 Å². The summed E-state index contributed by atoms with van der Waals surface area (Å²) in [4.78, 5) is 13.8. The van der Waals surface area contributed by atoms with Crippen LogP contribution in [-0.4, -0.2) is 14.2 Å². The Balaban J connectivity index is 1.68. The van der Waals surface area contributed by atoms with Gasteiger partial charge in [-0.1, -0.05) is 84.9 Å². The van der Waals surface area contributed by atoms with Crippen molar-refractivity contribution in [3.8, 4) is 28.9 Å². The Morgan fingerprint density at radius 3 is 2.08 bits per heavy atom. The zero-order valence-electron chi connectivity index (χ0n) is 20.6. The van der Waals surface area contributed by atoms with Crippen LogP contribution >= 0.6 is 0 Å². The number of benzene rings is 4. The minimum Gasteiger partial charge on any atom is -0.493 e. The maximum atomic E-state index is 13.8. The molecule has 1 aromatic heterocycles. The van der Waals surface area contributed by atoms with Gasteiger partial charge in [0.1, 0.15) is 5.69 Å². The second kappa shape index (κ2) is 10.4. The maximum Gasteiger partial charge on any atom is 0.417 e. The summed E-state index contributed by atoms with van der Waals surface area (Å²) in [6.45, 7) is 0.0784. The first-order valence-electron chi connectivity index (χ1n) is 12.1. The molecule has 4 aromatic carbocycles. The van der Waals surface area contributed by atoms with Crippen LogP contribution in [0.2, 0.25) is 0 Å². The van der Waals surface area contributed by atoms with E-state index in [4.69, 9.17) is 0 Å². The summed E-state index contributed by atoms with van der Waals surface area (Å²) in [7, 11) is 0. The fraction of sp³-hybridized carbons (Fsp3) is 0.0968. The minimum absolute atomic E-state index is 0.0784. The van der Waals surface area contributed by atoms with Crippen LogP contribution in [0.4, 0.5) is 13.2 Å². The topological polar surface area (TPSA) is 71.0 Å². The van der Waals surface area contributed by atoms with E-state index in [1.165, 1.54) is 16.7 Å². The molecule has 39 heavy (non-hydrogen) atoms. The molecule has 0 unspecified atom stereocenters. The first-order chi connectivity index (χ1) is 18.8. The lowest BCUT2D eigenvalue weighted by Crippen LogP contribution is -2.25. The van der Waals surface area contributed by atoms with Gasteiger partial charge in [0, 0.05) is 5.56 Å². The van der Waals surface area contributed by atoms with E-state index < -0.39 is 28.9 Å². The van der Waals surface area contributed by atoms with Gasteiger partial charge in [-0.2, -0.15) is 18.4 Å². The number of alkyl halides is 3. The molecule has 5 aromatic rings. The quantitative estimate of drug-likeness (QED) is 0.274. The van der Waals surface area contributed by atoms with Crippen molar-refractivity contribution in [1.29, 1.82) is 5.26 Å². The number of imidazole rings is 1. The molecule has 0 atom stereocenters. The van der Waals surface area contributed by atoms with E-state index in [1.807, 2.05) is 54.6 Å². The number of aromatic nitrogens is 2. The normalized spacial score (nSPS) is 11.3. The van der Waals surface area contributed by atoms with Crippen LogP contribution in [0, 0.1) is 11.3 Å². The molecule has 0 aliphatic carbocycles. The maximum absolute atomic E-state index is 13.8. The molecule has 0 radical (unpaired) electrons. The monoisotopic (exact) mass is 525 g/mol. The lowest BCUT2D eigenvalue weighted by Gasteiger charge is -2.12. The van der Waals surface area contributed by atoms with Gasteiger partial charge in [-0.05, 0) is 41.3 Å². The van der Waals surface area contributed by atoms with Crippen molar-refractivity contribution in [2.24, 2.45) is 0 Å². The second-order valence-corrected chi connectivity index (χ2v) is 9.01. The van der Waals surface area contributed by atoms with Gasteiger partial charge in [0.05, 0.1) is 29.4 Å². The molecule has 0 aliphatic rings. The zero-order valence-corrected chi connectivity index (χ0v) is 20.6. The Hall–Kier alpha value is -5.03. The third-order valence-corrected chi connectivity index (χ3v) is 6.53. The molecule has 1 N–H and O–H groups in total. The zero-order chi connectivity index (χ0) is 27.6. The molecule has 0 amide bonds. The highest BCUT2D eigenvalue weighted by atomic mass is 19.4. The minimum atomic E-state index is -4.82. The van der Waals surface area contributed by atoms with Crippen molar-refractivity contribution in [2.45, 2.75) is 19.1 Å². The lowest BCUT2D eigenvalue weighted by molar-refractivity contribution is -0.137. The van der Waals surface area contributed by atoms with E-state index in [1.54, 1.807) is 30.3 Å². The van der Waals surface area contributed by atoms with E-state index in [0.29, 0.717) is 18.1 Å². The Morgan fingerprint density at radius 2 is 1.44 bits per heavy atom. The molecular weight excluding hydrogens is 503 g/mol. The van der Waals surface area contributed by atoms with E-state index >= 15 is 0 Å². The standard InChI is InChI=1S/C31H22F3N3O2/c32-31(33,34)27-18-26(16-15-24(27)19-35)37-29(38)28(22-11-5-2-6-12-22)36(30(37)39)20-25-14-8-7-13-23(25)17-21-9-3-1-4-10-21/h1-16,18,38H,17,20H2. The predicted octanol–water partition coefficient (Wildman–Crippen LogP) is 6.54. The highest BCUT2D eigenvalue weighted by molar-refractivity contribution is 5.67. The van der Waals surface area contributed by atoms with Gasteiger partial charge in [0.15, 0.2) is 0 Å². The molecule has 0 bridgehead atoms. The number of halogens is 3. The summed E-state index contributed by atoms with van der Waals surface area (Å²) in [5.41, 5.74) is 0.916. The van der Waals surface area contributed by atoms with Crippen LogP contribution in [0.15, 0.2) is 108 Å². The number of hydrogen-bond donors (Lipinski definition) is 1. The van der Waals surface area contributed by atoms with Crippen molar-refractivity contribution >= 4 is 0 Å². The highest BCUT2D eigenvalue weighted by Crippen LogP contribution is 2.36. The molecule has 0 fully saturated rings. The van der Waals surface area contributed by atoms with Crippen LogP contribution in [0.1, 0.15) is 27.8 Å². The summed E-state index contributed by atoms with van der Waals surface area (Å²) in [5.74, 6) is -0.496. The van der Waals surface area contributed by atoms with Gasteiger partial charge in [0.25, 0.3) is 0 Å². The number of nitriles is 1. The molecule has 0 aliphatic heterocycles. The predicted molar refractivity (Wildman–Crippen MR) is 142 cm³/mol. The van der Waals surface area contributed by atoms with E-state index in [2.05, 4.69) is 0 Å². The van der Waals surface area contributed by atoms with Crippen molar-refractivity contribution in [3.05, 3.63) is 141 Å². The van der Waals surface area contributed by atoms with Crippen LogP contribution < -0.4 is 5.69 Å². The summed E-state index contributed by atoms with van der Waals surface area (Å²) in [6.07, 6.45) is -4.20. The van der Waals surface area contributed by atoms with Crippen molar-refractivity contribution in [3.63, 3.8) is 0 Å². The van der Waals surface area contributed by atoms with Gasteiger partial charge in [0.2, 0.25) is 5.88 Å². The molecule has 0 saturated carbocycles. The van der Waals surface area contributed by atoms with Crippen LogP contribution in [0.25, 0.3) is 16.9 Å². The third kappa shape index (κ3) is 5.07. The van der Waals surface area contributed by atoms with Gasteiger partial charge in [-0.25, -0.2) is 9.36 Å². The molecule has 8 heteroatoms. The molecule has 5 nitrogen and oxygen atoms in total. The van der Waals surface area contributed by atoms with E-state index in [9.17, 15) is 28.3 Å². The molecule has 1 heterocycles. The van der Waals surface area contributed by atoms with E-state index in [0.717, 1.165) is 27.3 Å². The smallest absolute Gasteiger partial charge is 0.417 e. The third-order valence-electron chi connectivity index (χ3n) is 6.53. The molecule has 194 valence electrons. The first-order valence-corrected chi connectivity index (χ1v) is 12.1. The average molecular weight is 526 g/mol. The van der Waals surface area contributed by atoms with Crippen molar-refractivity contribution < 1.29 is 18.3 Å². The first kappa shape index (κ1) is 25.6. The lowest BCUT2D eigenvalue weighted by atomic mass is 9.99. The summed E-state index contributed by atoms with van der Waals surface area (Å²) < 4.78 is 43.3. The Morgan fingerprint density at radius 1 is 0.821 bits per heavy atom. The Bertz CT molecular complexity index is 1730. The van der Waals surface area contributed by atoms with Crippen LogP contribution in [0.3, 0.4) is 0 Å². The Labute approximate surface area is 222 Å². The Kier molecular flexibility index (Phi) is 6.82. The number of rotatable bonds is 6. The number of nitrogens with zero attached hydrogens (tertiary/aromatic N) is 3. The summed E-state index contributed by atoms with van der Waals surface area (Å²) in [5, 5.41) is 20.5. The molecule has 0 spiro atoms. The fourth-order valence-electron chi connectivity index (χ4n) is 4.67. The number of hydrogen-bond acceptors (Lipinski definition) is 3. The van der Waals surface area contributed by atoms with Gasteiger partial charge in [-0.15, -0.1) is 0 Å². The number of aromatic hydroxyl groups is 1. The SMILES string of the molecule is N#Cc1ccc(-n2c(O)c(-c3ccccc3)n(Cc3ccccc3Cc3ccccc3)c2=O)cc1C(F)(F)F. The average Bonchev–Trinajstić information content (AvgIpc) is 3.18. The molecular formula is C31H22F3N3O2. The highest BCUT2D eigenvalue weighted by Gasteiger charge is 2.34. The van der Waals surface area contributed by atoms with E-state index in [-0.39, 0.29) is 17.9 Å². The molecule has 5 rings (SSSR count). The summed E-state index contributed by atoms with van der Waals surface area (Å²) in [6, 6.07) is 30.6. The van der Waals surface area contributed by atoms with Crippen LogP contribution in [-0.2, 0) is 19.1 Å². The largest absolute Gasteiger partial charge is 0.493 e. The van der Waals surface area contributed by atoms with Gasteiger partial charge < -0.3 is 5.11 Å². The van der Waals surface area contributed by atoms with Crippen molar-refractivity contribution in [2.75, 3.05) is 0 Å². The fourth-order valence-corrected chi connectivity index (χ4v) is 4.67. The summed E-state index contributed by atoms with van der Waals surface area (Å²) >= 11 is 0. The van der Waals surface area contributed by atoms with Crippen molar-refractivity contribution in [1.82, 2.24) is 9.13 Å². The molecule has 0 saturated heterocycles. The second-order valence-electron chi connectivity index (χ2n) is 9.01.